The molecule has 6 aliphatic heterocycles. The van der Waals surface area contributed by atoms with E-state index in [-0.39, 0.29) is 12.3 Å². The Morgan fingerprint density at radius 2 is 0.736 bits per heavy atom. The Balaban J connectivity index is 1.09. The van der Waals surface area contributed by atoms with Gasteiger partial charge in [-0.1, -0.05) is 193 Å². The molecule has 34 nitrogen and oxygen atoms in total. The lowest BCUT2D eigenvalue weighted by Gasteiger charge is -2.51. The van der Waals surface area contributed by atoms with Crippen molar-refractivity contribution in [2.24, 2.45) is 0 Å². The molecule has 0 bridgehead atoms. The number of carbonyl (C=O) groups is 2. The van der Waals surface area contributed by atoms with Crippen LogP contribution in [0.4, 0.5) is 0 Å². The monoisotopic (exact) mass is 1590 g/mol. The molecule has 644 valence electrons. The summed E-state index contributed by atoms with van der Waals surface area (Å²) in [6.45, 7) is 1.31. The molecule has 110 heavy (non-hydrogen) atoms. The molecule has 0 spiro atoms. The van der Waals surface area contributed by atoms with Crippen molar-refractivity contribution in [3.63, 3.8) is 0 Å². The normalized spacial score (nSPS) is 37.7. The second-order valence-electron chi connectivity index (χ2n) is 30.6. The molecule has 0 aromatic heterocycles. The van der Waals surface area contributed by atoms with Gasteiger partial charge in [0, 0.05) is 13.3 Å². The molecule has 0 saturated carbocycles. The van der Waals surface area contributed by atoms with Gasteiger partial charge >= 0.3 is 0 Å². The van der Waals surface area contributed by atoms with E-state index in [1.54, 1.807) is 6.08 Å². The summed E-state index contributed by atoms with van der Waals surface area (Å²) in [5, 5.41) is 206. The maximum atomic E-state index is 13.5. The summed E-state index contributed by atoms with van der Waals surface area (Å²) in [6.07, 6.45) is -19.5. The molecule has 12 unspecified atom stereocenters. The van der Waals surface area contributed by atoms with E-state index in [2.05, 4.69) is 24.5 Å². The van der Waals surface area contributed by atoms with Crippen LogP contribution in [0.15, 0.2) is 12.2 Å². The van der Waals surface area contributed by atoms with Gasteiger partial charge in [-0.15, -0.1) is 0 Å². The van der Waals surface area contributed by atoms with Crippen LogP contribution in [-0.4, -0.2) is 340 Å². The van der Waals surface area contributed by atoms with Crippen LogP contribution in [0.3, 0.4) is 0 Å². The number of aliphatic hydroxyl groups is 18. The smallest absolute Gasteiger partial charge is 0.220 e. The molecule has 20 N–H and O–H groups in total. The molecule has 6 heterocycles. The largest absolute Gasteiger partial charge is 0.394 e. The van der Waals surface area contributed by atoms with Crippen molar-refractivity contribution in [2.75, 3.05) is 39.6 Å². The molecule has 6 saturated heterocycles. The van der Waals surface area contributed by atoms with Crippen LogP contribution < -0.4 is 10.6 Å². The third kappa shape index (κ3) is 29.2. The van der Waals surface area contributed by atoms with E-state index < -0.39 is 242 Å². The van der Waals surface area contributed by atoms with E-state index in [0.717, 1.165) is 58.3 Å². The van der Waals surface area contributed by atoms with Gasteiger partial charge in [0.05, 0.1) is 57.9 Å². The molecule has 6 aliphatic rings. The molecule has 0 radical (unpaired) electrons. The van der Waals surface area contributed by atoms with E-state index in [1.165, 1.54) is 129 Å². The van der Waals surface area contributed by atoms with Crippen LogP contribution in [0.1, 0.15) is 220 Å². The van der Waals surface area contributed by atoms with E-state index in [1.807, 2.05) is 6.08 Å². The lowest BCUT2D eigenvalue weighted by atomic mass is 9.94. The highest BCUT2D eigenvalue weighted by atomic mass is 16.8. The number of nitrogens with one attached hydrogen (secondary N) is 2. The molecular weight excluding hydrogens is 1450 g/mol. The average Bonchev–Trinajstić information content (AvgIpc) is 0.772. The van der Waals surface area contributed by atoms with Crippen molar-refractivity contribution in [1.29, 1.82) is 0 Å². The van der Waals surface area contributed by atoms with Gasteiger partial charge < -0.3 is 159 Å². The van der Waals surface area contributed by atoms with Gasteiger partial charge in [0.2, 0.25) is 11.8 Å². The molecule has 0 aromatic rings. The van der Waals surface area contributed by atoms with Crippen LogP contribution >= 0.6 is 0 Å². The first-order chi connectivity index (χ1) is 52.9. The number of unbranched alkanes of at least 4 members (excludes halogenated alkanes) is 27. The highest BCUT2D eigenvalue weighted by Crippen LogP contribution is 2.38. The summed E-state index contributed by atoms with van der Waals surface area (Å²) in [4.78, 5) is 26.6. The molecule has 2 amide bonds. The Bertz CT molecular complexity index is 2490. The summed E-state index contributed by atoms with van der Waals surface area (Å²) in [6, 6.07) is -2.90. The quantitative estimate of drug-likeness (QED) is 0.0263. The van der Waals surface area contributed by atoms with Crippen molar-refractivity contribution < 1.29 is 158 Å². The fourth-order valence-electron chi connectivity index (χ4n) is 15.0. The Labute approximate surface area is 646 Å². The van der Waals surface area contributed by atoms with E-state index in [9.17, 15) is 102 Å². The van der Waals surface area contributed by atoms with Crippen LogP contribution in [0.2, 0.25) is 0 Å². The summed E-state index contributed by atoms with van der Waals surface area (Å²) in [5.41, 5.74) is 0. The Morgan fingerprint density at radius 1 is 0.373 bits per heavy atom. The summed E-state index contributed by atoms with van der Waals surface area (Å²) < 4.78 is 70.9. The first kappa shape index (κ1) is 96.3. The number of rotatable bonds is 52. The fourth-order valence-corrected chi connectivity index (χ4v) is 15.0. The van der Waals surface area contributed by atoms with Crippen molar-refractivity contribution in [3.8, 4) is 0 Å². The number of allylic oxidation sites excluding steroid dienone is 1. The van der Waals surface area contributed by atoms with Gasteiger partial charge in [-0.25, -0.2) is 0 Å². The predicted molar refractivity (Wildman–Crippen MR) is 390 cm³/mol. The molecule has 32 atom stereocenters. The maximum absolute atomic E-state index is 13.5. The van der Waals surface area contributed by atoms with Gasteiger partial charge in [0.15, 0.2) is 37.7 Å². The average molecular weight is 1590 g/mol. The van der Waals surface area contributed by atoms with E-state index in [4.69, 9.17) is 56.8 Å². The van der Waals surface area contributed by atoms with Gasteiger partial charge in [0.1, 0.15) is 140 Å². The maximum Gasteiger partial charge on any atom is 0.220 e. The minimum atomic E-state index is -2.29. The first-order valence-corrected chi connectivity index (χ1v) is 40.8. The van der Waals surface area contributed by atoms with Crippen LogP contribution in [0.25, 0.3) is 0 Å². The van der Waals surface area contributed by atoms with Gasteiger partial charge in [-0.2, -0.15) is 0 Å². The van der Waals surface area contributed by atoms with Crippen molar-refractivity contribution in [2.45, 2.75) is 417 Å². The topological polar surface area (TPSA) is 533 Å². The molecule has 0 aromatic carbocycles. The molecular formula is C76H138N2O32. The Morgan fingerprint density at radius 3 is 1.21 bits per heavy atom. The summed E-state index contributed by atoms with van der Waals surface area (Å²) >= 11 is 0. The Hall–Kier alpha value is -2.52. The molecule has 34 heteroatoms. The Kier molecular flexibility index (Phi) is 45.2. The zero-order chi connectivity index (χ0) is 80.4. The third-order valence-corrected chi connectivity index (χ3v) is 21.8. The number of hydrogen-bond acceptors (Lipinski definition) is 32. The van der Waals surface area contributed by atoms with Crippen molar-refractivity contribution in [3.05, 3.63) is 12.2 Å². The zero-order valence-electron chi connectivity index (χ0n) is 64.9. The minimum Gasteiger partial charge on any atom is -0.394 e. The number of hydrogen-bond donors (Lipinski definition) is 20. The standard InChI is InChI=1S/C76H138N2O32/c1-5-7-9-11-13-15-17-19-20-21-22-24-26-28-30-32-34-36-52(86)78-45(46(85)35-33-31-29-27-25-23-18-16-14-12-10-8-6-2)42-99-72-63(96)61(94)66(51(41-83)105-72)106-74-65(98)69(58(91)50(40-82)102-74)109-75-64(97)68(57(90)49(39-81)103-75)108-71-53(77-44(4)84)67(56(89)48(38-80)101-71)107-76-70(60(93)55(88)47(37-79)104-76)110-73-62(95)59(92)54(87)43(3)100-73/h33,35,43,45-51,53-76,79-83,85,87-98H,5-32,34,36-42H2,1-4H3,(H,77,84)(H,78,86)/b35-33+/t43?,45-,46+,47?,48?,49?,50?,51?,53?,54+,55-,56-,57-,58-,59?,60-,61+,62-,63?,64?,65?,66+,67+,68-,69-,70?,71-,72+,73+,74-,75+,76-/m0/s1. The number of carbonyl (C=O) groups excluding carboxylic acids is 2. The van der Waals surface area contributed by atoms with Gasteiger partial charge in [-0.05, 0) is 26.2 Å². The van der Waals surface area contributed by atoms with Crippen LogP contribution in [-0.2, 0) is 66.4 Å². The predicted octanol–water partition coefficient (Wildman–Crippen LogP) is -0.760. The lowest BCUT2D eigenvalue weighted by Crippen LogP contribution is -2.70. The summed E-state index contributed by atoms with van der Waals surface area (Å²) in [7, 11) is 0. The summed E-state index contributed by atoms with van der Waals surface area (Å²) in [5.74, 6) is -1.22. The van der Waals surface area contributed by atoms with E-state index in [0.29, 0.717) is 12.8 Å². The third-order valence-electron chi connectivity index (χ3n) is 21.8. The highest BCUT2D eigenvalue weighted by Gasteiger charge is 2.59. The minimum absolute atomic E-state index is 0.177. The number of aliphatic hydroxyl groups excluding tert-OH is 18. The van der Waals surface area contributed by atoms with Crippen LogP contribution in [0, 0.1) is 0 Å². The lowest BCUT2D eigenvalue weighted by molar-refractivity contribution is -0.394. The zero-order valence-corrected chi connectivity index (χ0v) is 64.9. The highest BCUT2D eigenvalue weighted by molar-refractivity contribution is 5.76. The van der Waals surface area contributed by atoms with Crippen molar-refractivity contribution >= 4 is 11.8 Å². The fraction of sp³-hybridized carbons (Fsp3) is 0.947. The SMILES string of the molecule is CCCCCCCCCCCCC/C=C/[C@@H](O)[C@H](CO[C@@H]1OC(CO)[C@@H](O[C@@H]2OC(CO)[C@H](O)[C@H](O[C@H]3OC(CO)[C@H](O)[C@H](O[C@@H]4OC(CO)[C@H](O)[C@H](O[C@@H]5OC(CO)[C@H](O)[C@H](O)C5O[C@H]5OC(C)[C@@H](O)C(O)[C@@H]5O)C4NC(C)=O)C3O)C2O)[C@H](O)C1O)NC(=O)CCCCCCCCCCCCCCCCCCC. The number of amides is 2. The van der Waals surface area contributed by atoms with Gasteiger partial charge in [0.25, 0.3) is 0 Å². The van der Waals surface area contributed by atoms with Crippen molar-refractivity contribution in [1.82, 2.24) is 10.6 Å². The second kappa shape index (κ2) is 51.6. The molecule has 0 aliphatic carbocycles. The molecule has 6 fully saturated rings. The van der Waals surface area contributed by atoms with Crippen LogP contribution in [0.5, 0.6) is 0 Å². The second-order valence-corrected chi connectivity index (χ2v) is 30.6. The van der Waals surface area contributed by atoms with E-state index >= 15 is 0 Å². The number of ether oxygens (including phenoxy) is 12. The first-order valence-electron chi connectivity index (χ1n) is 40.8. The molecule has 6 rings (SSSR count). The van der Waals surface area contributed by atoms with Gasteiger partial charge in [-0.3, -0.25) is 9.59 Å².